The first-order chi connectivity index (χ1) is 21.4. The summed E-state index contributed by atoms with van der Waals surface area (Å²) in [5.41, 5.74) is 1.12. The Morgan fingerprint density at radius 2 is 1.49 bits per heavy atom. The second kappa shape index (κ2) is 15.0. The van der Waals surface area contributed by atoms with Crippen LogP contribution >= 0.6 is 0 Å². The fourth-order valence-electron chi connectivity index (χ4n) is 9.88. The van der Waals surface area contributed by atoms with E-state index in [1.54, 1.807) is 20.8 Å². The van der Waals surface area contributed by atoms with E-state index in [1.165, 1.54) is 18.4 Å². The van der Waals surface area contributed by atoms with Crippen molar-refractivity contribution in [2.24, 2.45) is 46.3 Å². The van der Waals surface area contributed by atoms with Gasteiger partial charge >= 0.3 is 18.5 Å². The van der Waals surface area contributed by atoms with Crippen LogP contribution in [0.15, 0.2) is 11.6 Å². The van der Waals surface area contributed by atoms with Crippen molar-refractivity contribution in [2.45, 2.75) is 131 Å². The molecule has 0 aliphatic heterocycles. The number of carbonyl (C=O) groups is 3. The lowest BCUT2D eigenvalue weighted by Crippen LogP contribution is -2.57. The third-order valence-corrected chi connectivity index (χ3v) is 12.1. The van der Waals surface area contributed by atoms with E-state index in [4.69, 9.17) is 28.4 Å². The Hall–Kier alpha value is -2.45. The van der Waals surface area contributed by atoms with Gasteiger partial charge in [-0.3, -0.25) is 0 Å². The Kier molecular flexibility index (Phi) is 11.8. The zero-order valence-electron chi connectivity index (χ0n) is 28.9. The van der Waals surface area contributed by atoms with E-state index in [2.05, 4.69) is 40.7 Å². The van der Waals surface area contributed by atoms with Crippen LogP contribution in [0.4, 0.5) is 14.4 Å². The summed E-state index contributed by atoms with van der Waals surface area (Å²) in [6.45, 7) is 17.5. The summed E-state index contributed by atoms with van der Waals surface area (Å²) in [5.74, 6) is 2.82. The average molecular weight is 635 g/mol. The van der Waals surface area contributed by atoms with Gasteiger partial charge in [-0.05, 0) is 107 Å². The van der Waals surface area contributed by atoms with Crippen LogP contribution < -0.4 is 0 Å². The summed E-state index contributed by atoms with van der Waals surface area (Å²) in [4.78, 5) is 37.0. The number of ether oxygens (including phenoxy) is 6. The van der Waals surface area contributed by atoms with Crippen molar-refractivity contribution in [3.05, 3.63) is 11.6 Å². The summed E-state index contributed by atoms with van der Waals surface area (Å²) in [5, 5.41) is 0. The van der Waals surface area contributed by atoms with Crippen molar-refractivity contribution in [3.63, 3.8) is 0 Å². The Morgan fingerprint density at radius 1 is 0.844 bits per heavy atom. The van der Waals surface area contributed by atoms with Crippen LogP contribution in [0.1, 0.15) is 113 Å². The lowest BCUT2D eigenvalue weighted by atomic mass is 9.46. The van der Waals surface area contributed by atoms with Crippen LogP contribution in [-0.4, -0.2) is 56.6 Å². The molecule has 0 aromatic heterocycles. The van der Waals surface area contributed by atoms with E-state index in [0.717, 1.165) is 32.1 Å². The highest BCUT2D eigenvalue weighted by Crippen LogP contribution is 2.67. The van der Waals surface area contributed by atoms with Gasteiger partial charge in [0, 0.05) is 18.3 Å². The van der Waals surface area contributed by atoms with Crippen molar-refractivity contribution >= 4 is 18.5 Å². The maximum atomic E-state index is 12.7. The number of hydrogen-bond donors (Lipinski definition) is 0. The molecular weight excluding hydrogens is 576 g/mol. The van der Waals surface area contributed by atoms with Gasteiger partial charge in [0.2, 0.25) is 0 Å². The van der Waals surface area contributed by atoms with Crippen LogP contribution in [0, 0.1) is 46.3 Å². The lowest BCUT2D eigenvalue weighted by Gasteiger charge is -2.60. The molecule has 0 aromatic rings. The Labute approximate surface area is 270 Å². The van der Waals surface area contributed by atoms with Gasteiger partial charge in [0.05, 0.1) is 19.8 Å². The van der Waals surface area contributed by atoms with Gasteiger partial charge in [-0.25, -0.2) is 14.4 Å². The van der Waals surface area contributed by atoms with Crippen LogP contribution in [-0.2, 0) is 28.4 Å². The lowest BCUT2D eigenvalue weighted by molar-refractivity contribution is -0.122. The van der Waals surface area contributed by atoms with Crippen molar-refractivity contribution in [2.75, 3.05) is 19.8 Å². The number of hydrogen-bond acceptors (Lipinski definition) is 9. The number of fused-ring (bicyclic) bond motifs is 5. The van der Waals surface area contributed by atoms with Crippen molar-refractivity contribution in [1.29, 1.82) is 0 Å². The maximum absolute atomic E-state index is 12.7. The molecule has 0 saturated heterocycles. The first-order valence-electron chi connectivity index (χ1n) is 17.6. The molecular formula is C36H58O9. The second-order valence-electron chi connectivity index (χ2n) is 14.6. The highest BCUT2D eigenvalue weighted by atomic mass is 16.7. The predicted octanol–water partition coefficient (Wildman–Crippen LogP) is 8.87. The molecule has 0 radical (unpaired) electrons. The van der Waals surface area contributed by atoms with Gasteiger partial charge in [0.15, 0.2) is 0 Å². The van der Waals surface area contributed by atoms with E-state index in [1.807, 2.05) is 0 Å². The van der Waals surface area contributed by atoms with Crippen LogP contribution in [0.3, 0.4) is 0 Å². The van der Waals surface area contributed by atoms with Gasteiger partial charge in [-0.15, -0.1) is 0 Å². The van der Waals surface area contributed by atoms with Crippen molar-refractivity contribution < 1.29 is 42.8 Å². The fraction of sp³-hybridized carbons (Fsp3) is 0.861. The monoisotopic (exact) mass is 634 g/mol. The molecule has 3 fully saturated rings. The zero-order chi connectivity index (χ0) is 32.9. The molecule has 9 nitrogen and oxygen atoms in total. The smallest absolute Gasteiger partial charge is 0.435 e. The van der Waals surface area contributed by atoms with E-state index >= 15 is 0 Å². The number of rotatable bonds is 11. The fourth-order valence-corrected chi connectivity index (χ4v) is 9.88. The third-order valence-electron chi connectivity index (χ3n) is 12.1. The zero-order valence-corrected chi connectivity index (χ0v) is 28.9. The minimum Gasteiger partial charge on any atom is -0.435 e. The molecule has 4 aliphatic carbocycles. The molecule has 4 rings (SSSR count). The molecule has 0 aromatic carbocycles. The summed E-state index contributed by atoms with van der Waals surface area (Å²) < 4.78 is 32.8. The first kappa shape index (κ1) is 35.4. The number of allylic oxidation sites excluding steroid dienone is 1. The van der Waals surface area contributed by atoms with Gasteiger partial charge in [-0.1, -0.05) is 46.3 Å². The largest absolute Gasteiger partial charge is 0.508 e. The molecule has 1 unspecified atom stereocenters. The minimum atomic E-state index is -0.679. The van der Waals surface area contributed by atoms with E-state index in [0.29, 0.717) is 49.0 Å². The molecule has 45 heavy (non-hydrogen) atoms. The minimum absolute atomic E-state index is 0.145. The molecule has 10 atom stereocenters. The molecule has 256 valence electrons. The summed E-state index contributed by atoms with van der Waals surface area (Å²) in [6.07, 6.45) is 8.00. The van der Waals surface area contributed by atoms with Gasteiger partial charge < -0.3 is 28.4 Å². The standard InChI is InChI=1S/C36H58O9/c1-9-40-32(37)43-25-20-24-13-14-26-28-16-15-27(23(6)12-17-30(22(4)5)44-33(38)41-10-2)35(28,7)19-18-29(26)36(24,8)31(21-25)45-34(39)42-11-3/h13,22-23,25-31H,9-12,14-21H2,1-8H3/t23-,25-,26+,27-,28+,29+,30?,31+,35-,36+/m1/s1. The van der Waals surface area contributed by atoms with Gasteiger partial charge in [-0.2, -0.15) is 0 Å². The summed E-state index contributed by atoms with van der Waals surface area (Å²) in [7, 11) is 0. The highest BCUT2D eigenvalue weighted by molar-refractivity contribution is 5.61. The molecule has 0 amide bonds. The molecule has 4 aliphatic rings. The molecule has 0 heterocycles. The van der Waals surface area contributed by atoms with Crippen LogP contribution in [0.25, 0.3) is 0 Å². The highest BCUT2D eigenvalue weighted by Gasteiger charge is 2.62. The topological polar surface area (TPSA) is 107 Å². The third kappa shape index (κ3) is 7.43. The Bertz CT molecular complexity index is 1070. The summed E-state index contributed by atoms with van der Waals surface area (Å²) >= 11 is 0. The van der Waals surface area contributed by atoms with Crippen LogP contribution in [0.2, 0.25) is 0 Å². The molecule has 3 saturated carbocycles. The van der Waals surface area contributed by atoms with Crippen LogP contribution in [0.5, 0.6) is 0 Å². The van der Waals surface area contributed by atoms with Crippen molar-refractivity contribution in [1.82, 2.24) is 0 Å². The molecule has 0 bridgehead atoms. The van der Waals surface area contributed by atoms with E-state index in [-0.39, 0.29) is 36.1 Å². The molecule has 0 spiro atoms. The van der Waals surface area contributed by atoms with Gasteiger partial charge in [0.1, 0.15) is 18.3 Å². The second-order valence-corrected chi connectivity index (χ2v) is 14.6. The van der Waals surface area contributed by atoms with Gasteiger partial charge in [0.25, 0.3) is 0 Å². The summed E-state index contributed by atoms with van der Waals surface area (Å²) in [6, 6.07) is 0. The average Bonchev–Trinajstić information content (AvgIpc) is 3.33. The van der Waals surface area contributed by atoms with Crippen molar-refractivity contribution in [3.8, 4) is 0 Å². The maximum Gasteiger partial charge on any atom is 0.508 e. The predicted molar refractivity (Wildman–Crippen MR) is 169 cm³/mol. The van der Waals surface area contributed by atoms with E-state index in [9.17, 15) is 14.4 Å². The number of carbonyl (C=O) groups excluding carboxylic acids is 3. The normalized spacial score (nSPS) is 35.1. The molecule has 0 N–H and O–H groups in total. The first-order valence-corrected chi connectivity index (χ1v) is 17.6. The Morgan fingerprint density at radius 3 is 2.13 bits per heavy atom. The van der Waals surface area contributed by atoms with E-state index < -0.39 is 30.7 Å². The SMILES string of the molecule is CCOC(=O)OC(CC[C@@H](C)[C@H]1CC[C@H]2[C@@H]3CC=C4C[C@@H](OC(=O)OCC)C[C@H](OC(=O)OCC)[C@]4(C)[C@H]3CC[C@]12C)C(C)C. The molecule has 9 heteroatoms. The Balaban J connectivity index is 1.50. The quantitative estimate of drug-likeness (QED) is 0.125.